The second kappa shape index (κ2) is 8.45. The third-order valence-corrected chi connectivity index (χ3v) is 5.21. The zero-order valence-electron chi connectivity index (χ0n) is 16.0. The van der Waals surface area contributed by atoms with Crippen LogP contribution < -0.4 is 10.6 Å². The summed E-state index contributed by atoms with van der Waals surface area (Å²) in [5.41, 5.74) is 3.54. The molecule has 7 heteroatoms. The van der Waals surface area contributed by atoms with Crippen LogP contribution in [0.5, 0.6) is 0 Å². The molecule has 2 aliphatic rings. The van der Waals surface area contributed by atoms with Gasteiger partial charge in [-0.3, -0.25) is 19.7 Å². The number of amides is 3. The Morgan fingerprint density at radius 1 is 1.10 bits per heavy atom. The Morgan fingerprint density at radius 3 is 2.72 bits per heavy atom. The van der Waals surface area contributed by atoms with Crippen molar-refractivity contribution in [2.24, 2.45) is 0 Å². The highest BCUT2D eigenvalue weighted by Gasteiger charge is 2.39. The molecule has 1 saturated heterocycles. The molecule has 0 radical (unpaired) electrons. The maximum absolute atomic E-state index is 12.7. The van der Waals surface area contributed by atoms with E-state index in [-0.39, 0.29) is 18.2 Å². The maximum atomic E-state index is 12.7. The number of benzene rings is 2. The summed E-state index contributed by atoms with van der Waals surface area (Å²) in [4.78, 5) is 37.7. The largest absolute Gasteiger partial charge is 0.383 e. The van der Waals surface area contributed by atoms with E-state index in [1.165, 1.54) is 0 Å². The highest BCUT2D eigenvalue weighted by molar-refractivity contribution is 6.05. The Labute approximate surface area is 169 Å². The average molecular weight is 393 g/mol. The number of anilines is 1. The topological polar surface area (TPSA) is 87.7 Å². The van der Waals surface area contributed by atoms with Crippen molar-refractivity contribution >= 4 is 23.4 Å². The highest BCUT2D eigenvalue weighted by Crippen LogP contribution is 2.29. The van der Waals surface area contributed by atoms with Gasteiger partial charge in [0, 0.05) is 30.8 Å². The van der Waals surface area contributed by atoms with E-state index < -0.39 is 11.9 Å². The molecule has 2 N–H and O–H groups in total. The number of imide groups is 1. The quantitative estimate of drug-likeness (QED) is 0.556. The van der Waals surface area contributed by atoms with Gasteiger partial charge in [-0.1, -0.05) is 30.3 Å². The second-order valence-corrected chi connectivity index (χ2v) is 7.24. The van der Waals surface area contributed by atoms with Crippen LogP contribution in [-0.4, -0.2) is 41.8 Å². The molecule has 1 atom stereocenters. The first-order chi connectivity index (χ1) is 14.1. The molecule has 0 aliphatic carbocycles. The van der Waals surface area contributed by atoms with Crippen LogP contribution in [0, 0.1) is 0 Å². The lowest BCUT2D eigenvalue weighted by Gasteiger charge is -2.29. The van der Waals surface area contributed by atoms with Gasteiger partial charge in [-0.05, 0) is 35.7 Å². The summed E-state index contributed by atoms with van der Waals surface area (Å²) in [7, 11) is 0. The zero-order chi connectivity index (χ0) is 20.2. The minimum atomic E-state index is -0.588. The highest BCUT2D eigenvalue weighted by atomic mass is 16.5. The number of nitrogens with one attached hydrogen (secondary N) is 2. The van der Waals surface area contributed by atoms with Crippen LogP contribution in [0.15, 0.2) is 48.5 Å². The predicted molar refractivity (Wildman–Crippen MR) is 107 cm³/mol. The minimum Gasteiger partial charge on any atom is -0.383 e. The van der Waals surface area contributed by atoms with E-state index >= 15 is 0 Å². The van der Waals surface area contributed by atoms with E-state index in [0.717, 1.165) is 16.8 Å². The van der Waals surface area contributed by atoms with Gasteiger partial charge in [-0.2, -0.15) is 0 Å². The standard InChI is InChI=1S/C22H23N3O4/c26-20-9-8-19(21(27)24-20)25-13-16-12-17(6-7-18(16)22(25)28)23-10-11-29-14-15-4-2-1-3-5-15/h1-7,12,19,23H,8-11,13-14H2,(H,24,26,27). The summed E-state index contributed by atoms with van der Waals surface area (Å²) in [6.45, 7) is 2.16. The van der Waals surface area contributed by atoms with Crippen LogP contribution in [0.2, 0.25) is 0 Å². The molecule has 2 aromatic rings. The maximum Gasteiger partial charge on any atom is 0.255 e. The SMILES string of the molecule is O=C1CCC(N2Cc3cc(NCCOCc4ccccc4)ccc3C2=O)C(=O)N1. The van der Waals surface area contributed by atoms with E-state index in [4.69, 9.17) is 4.74 Å². The van der Waals surface area contributed by atoms with Gasteiger partial charge in [0.15, 0.2) is 0 Å². The predicted octanol–water partition coefficient (Wildman–Crippen LogP) is 2.08. The summed E-state index contributed by atoms with van der Waals surface area (Å²) in [6.07, 6.45) is 0.626. The van der Waals surface area contributed by atoms with Crippen LogP contribution in [-0.2, 0) is 27.5 Å². The molecule has 4 rings (SSSR count). The number of carbonyl (C=O) groups is 3. The third-order valence-electron chi connectivity index (χ3n) is 5.21. The minimum absolute atomic E-state index is 0.160. The van der Waals surface area contributed by atoms with Crippen molar-refractivity contribution in [2.45, 2.75) is 32.0 Å². The monoisotopic (exact) mass is 393 g/mol. The Morgan fingerprint density at radius 2 is 1.93 bits per heavy atom. The second-order valence-electron chi connectivity index (χ2n) is 7.24. The van der Waals surface area contributed by atoms with Crippen LogP contribution >= 0.6 is 0 Å². The van der Waals surface area contributed by atoms with Gasteiger partial charge in [0.2, 0.25) is 11.8 Å². The summed E-state index contributed by atoms with van der Waals surface area (Å²) in [6, 6.07) is 15.0. The first-order valence-electron chi connectivity index (χ1n) is 9.75. The number of carbonyl (C=O) groups excluding carboxylic acids is 3. The zero-order valence-corrected chi connectivity index (χ0v) is 16.0. The van der Waals surface area contributed by atoms with Crippen molar-refractivity contribution in [3.05, 3.63) is 65.2 Å². The fourth-order valence-electron chi connectivity index (χ4n) is 3.72. The molecule has 0 aromatic heterocycles. The van der Waals surface area contributed by atoms with Crippen molar-refractivity contribution in [2.75, 3.05) is 18.5 Å². The summed E-state index contributed by atoms with van der Waals surface area (Å²) >= 11 is 0. The van der Waals surface area contributed by atoms with Crippen LogP contribution in [0.1, 0.15) is 34.3 Å². The van der Waals surface area contributed by atoms with Crippen molar-refractivity contribution in [3.8, 4) is 0 Å². The number of ether oxygens (including phenoxy) is 1. The van der Waals surface area contributed by atoms with Gasteiger partial charge in [0.1, 0.15) is 6.04 Å². The van der Waals surface area contributed by atoms with Gasteiger partial charge < -0.3 is 15.0 Å². The molecule has 2 aliphatic heterocycles. The molecule has 0 bridgehead atoms. The van der Waals surface area contributed by atoms with Crippen LogP contribution in [0.4, 0.5) is 5.69 Å². The van der Waals surface area contributed by atoms with Gasteiger partial charge in [0.05, 0.1) is 13.2 Å². The van der Waals surface area contributed by atoms with Gasteiger partial charge >= 0.3 is 0 Å². The summed E-state index contributed by atoms with van der Waals surface area (Å²) in [5.74, 6) is -0.833. The van der Waals surface area contributed by atoms with Crippen molar-refractivity contribution < 1.29 is 19.1 Å². The smallest absolute Gasteiger partial charge is 0.255 e. The average Bonchev–Trinajstić information content (AvgIpc) is 3.04. The normalized spacial score (nSPS) is 18.6. The van der Waals surface area contributed by atoms with E-state index in [2.05, 4.69) is 10.6 Å². The molecule has 2 aromatic carbocycles. The van der Waals surface area contributed by atoms with Gasteiger partial charge in [0.25, 0.3) is 5.91 Å². The summed E-state index contributed by atoms with van der Waals surface area (Å²) in [5, 5.41) is 5.62. The molecule has 3 amide bonds. The summed E-state index contributed by atoms with van der Waals surface area (Å²) < 4.78 is 5.67. The fraction of sp³-hybridized carbons (Fsp3) is 0.318. The Kier molecular flexibility index (Phi) is 5.57. The first-order valence-corrected chi connectivity index (χ1v) is 9.75. The molecular weight excluding hydrogens is 370 g/mol. The molecule has 0 spiro atoms. The third kappa shape index (κ3) is 4.30. The Hall–Kier alpha value is -3.19. The number of rotatable bonds is 7. The van der Waals surface area contributed by atoms with Gasteiger partial charge in [-0.15, -0.1) is 0 Å². The van der Waals surface area contributed by atoms with E-state index in [0.29, 0.717) is 38.3 Å². The molecule has 1 fully saturated rings. The number of hydrogen-bond donors (Lipinski definition) is 2. The molecule has 1 unspecified atom stereocenters. The van der Waals surface area contributed by atoms with Crippen molar-refractivity contribution in [1.82, 2.24) is 10.2 Å². The lowest BCUT2D eigenvalue weighted by Crippen LogP contribution is -2.52. The van der Waals surface area contributed by atoms with Crippen LogP contribution in [0.25, 0.3) is 0 Å². The van der Waals surface area contributed by atoms with E-state index in [9.17, 15) is 14.4 Å². The van der Waals surface area contributed by atoms with Crippen LogP contribution in [0.3, 0.4) is 0 Å². The molecule has 29 heavy (non-hydrogen) atoms. The Balaban J connectivity index is 1.30. The molecular formula is C22H23N3O4. The van der Waals surface area contributed by atoms with Crippen molar-refractivity contribution in [3.63, 3.8) is 0 Å². The number of nitrogens with zero attached hydrogens (tertiary/aromatic N) is 1. The molecule has 7 nitrogen and oxygen atoms in total. The van der Waals surface area contributed by atoms with E-state index in [1.54, 1.807) is 11.0 Å². The van der Waals surface area contributed by atoms with Gasteiger partial charge in [-0.25, -0.2) is 0 Å². The van der Waals surface area contributed by atoms with E-state index in [1.807, 2.05) is 42.5 Å². The number of piperidine rings is 1. The molecule has 2 heterocycles. The molecule has 0 saturated carbocycles. The van der Waals surface area contributed by atoms with Crippen molar-refractivity contribution in [1.29, 1.82) is 0 Å². The lowest BCUT2D eigenvalue weighted by atomic mass is 10.0. The number of fused-ring (bicyclic) bond motifs is 1. The number of hydrogen-bond acceptors (Lipinski definition) is 5. The lowest BCUT2D eigenvalue weighted by molar-refractivity contribution is -0.136. The first kappa shape index (κ1) is 19.1. The molecule has 150 valence electrons. The fourth-order valence-corrected chi connectivity index (χ4v) is 3.72. The Bertz CT molecular complexity index is 929.